The highest BCUT2D eigenvalue weighted by Crippen LogP contribution is 2.45. The Kier molecular flexibility index (Phi) is 22.1. The van der Waals surface area contributed by atoms with Crippen molar-refractivity contribution in [3.05, 3.63) is 22.3 Å². The number of phenolic OH excluding ortho intramolecular Hbond substituents is 1. The van der Waals surface area contributed by atoms with Crippen LogP contribution >= 0.6 is 0 Å². The number of phenols is 1. The Morgan fingerprint density at radius 1 is 0.789 bits per heavy atom. The molecule has 0 aromatic heterocycles. The van der Waals surface area contributed by atoms with Crippen LogP contribution in [0.5, 0.6) is 11.5 Å². The van der Waals surface area contributed by atoms with Gasteiger partial charge in [-0.1, -0.05) is 72.6 Å². The van der Waals surface area contributed by atoms with Crippen molar-refractivity contribution in [2.45, 2.75) is 230 Å². The predicted molar refractivity (Wildman–Crippen MR) is 266 cm³/mol. The van der Waals surface area contributed by atoms with Crippen molar-refractivity contribution < 1.29 is 69.3 Å². The summed E-state index contributed by atoms with van der Waals surface area (Å²) in [7, 11) is 1.41. The highest BCUT2D eigenvalue weighted by atomic mass is 16.8. The number of nitrogens with one attached hydrogen (secondary N) is 5. The quantitative estimate of drug-likeness (QED) is 0.0466. The second kappa shape index (κ2) is 26.2. The number of benzene rings is 1. The molecule has 3 heterocycles. The van der Waals surface area contributed by atoms with E-state index in [0.717, 1.165) is 59.5 Å². The predicted octanol–water partition coefficient (Wildman–Crippen LogP) is 1.10. The van der Waals surface area contributed by atoms with E-state index in [-0.39, 0.29) is 11.9 Å². The number of ether oxygens (including phenoxy) is 5. The molecule has 21 nitrogen and oxygen atoms in total. The molecule has 0 bridgehead atoms. The van der Waals surface area contributed by atoms with Crippen LogP contribution < -0.4 is 32.2 Å². The fourth-order valence-electron chi connectivity index (χ4n) is 10.4. The molecule has 3 fully saturated rings. The number of guanidine groups is 2. The van der Waals surface area contributed by atoms with Crippen molar-refractivity contribution in [1.29, 1.82) is 10.8 Å². The zero-order chi connectivity index (χ0) is 53.3. The first-order valence-corrected chi connectivity index (χ1v) is 25.5. The van der Waals surface area contributed by atoms with Crippen molar-refractivity contribution in [1.82, 2.24) is 16.0 Å². The van der Waals surface area contributed by atoms with Crippen LogP contribution in [0.25, 0.3) is 0 Å². The zero-order valence-corrected chi connectivity index (χ0v) is 43.6. The van der Waals surface area contributed by atoms with Crippen LogP contribution in [0.15, 0.2) is 0 Å². The van der Waals surface area contributed by atoms with Gasteiger partial charge in [-0.2, -0.15) is 0 Å². The van der Waals surface area contributed by atoms with Gasteiger partial charge in [-0.05, 0) is 102 Å². The number of fused-ring (bicyclic) bond motifs is 1. The van der Waals surface area contributed by atoms with Crippen LogP contribution in [0.3, 0.4) is 0 Å². The fourth-order valence-corrected chi connectivity index (χ4v) is 10.4. The monoisotopic (exact) mass is 1010 g/mol. The first kappa shape index (κ1) is 60.1. The maximum absolute atomic E-state index is 12.1. The molecule has 2 saturated heterocycles. The lowest BCUT2D eigenvalue weighted by Gasteiger charge is -2.47. The molecule has 1 saturated carbocycles. The van der Waals surface area contributed by atoms with Gasteiger partial charge in [0.25, 0.3) is 0 Å². The number of carbonyl (C=O) groups excluding carboxylic acids is 1. The third-order valence-corrected chi connectivity index (χ3v) is 15.3. The van der Waals surface area contributed by atoms with Gasteiger partial charge in [-0.25, -0.2) is 0 Å². The maximum atomic E-state index is 12.1. The summed E-state index contributed by atoms with van der Waals surface area (Å²) in [6.07, 6.45) is -3.23. The van der Waals surface area contributed by atoms with E-state index in [0.29, 0.717) is 5.75 Å². The normalized spacial score (nSPS) is 35.6. The van der Waals surface area contributed by atoms with Gasteiger partial charge >= 0.3 is 0 Å². The highest BCUT2D eigenvalue weighted by molar-refractivity contribution is 5.76. The molecule has 1 aromatic carbocycles. The molecule has 1 aliphatic carbocycles. The van der Waals surface area contributed by atoms with Crippen molar-refractivity contribution >= 4 is 18.2 Å². The van der Waals surface area contributed by atoms with E-state index in [9.17, 15) is 45.6 Å². The minimum atomic E-state index is -2.39. The van der Waals surface area contributed by atoms with Crippen molar-refractivity contribution in [3.63, 3.8) is 0 Å². The number of carbonyl (C=O) groups is 1. The molecule has 1 aromatic rings. The van der Waals surface area contributed by atoms with Gasteiger partial charge in [0.2, 0.25) is 0 Å². The third-order valence-electron chi connectivity index (χ3n) is 15.3. The van der Waals surface area contributed by atoms with Crippen LogP contribution in [0.4, 0.5) is 0 Å². The molecular formula is C50H89N7O14. The van der Waals surface area contributed by atoms with E-state index in [1.807, 2.05) is 13.8 Å². The standard InChI is InChI=1S/C29H50O2.C21H39N7O12/c1-20(2)12-9-13-21(3)14-10-15-22(4)16-11-18-29(8)19-17-26-25(7)27(30)23(5)24(6)28(26)31-29;1-5-21(36,4-30)16(40-17-9(26-2)13(34)10(31)6(3-29)38-17)18(37-5)39-15-8(28-20(24)25)11(32)7(27-19(22)23)12(33)14(15)35/h20-22,30H,9-19H2,1-8H3;4-18,26,29,31-36H,3H2,1-2H3,(H4,22,23,27)(H4,24,25,28)/t21-,22-,29-;5-,6-,7+,8-,9-,10-,11+,12-,13-,14+,15+,16-,17-,18-,21+/m10/s1. The lowest BCUT2D eigenvalue weighted by molar-refractivity contribution is -0.314. The van der Waals surface area contributed by atoms with Crippen LogP contribution in [-0.4, -0.2) is 170 Å². The molecule has 21 heteroatoms. The van der Waals surface area contributed by atoms with Crippen LogP contribution in [-0.2, 0) is 30.2 Å². The number of hydrogen-bond acceptors (Lipinski definition) is 17. The maximum Gasteiger partial charge on any atom is 0.188 e. The van der Waals surface area contributed by atoms with Gasteiger partial charge in [0.15, 0.2) is 36.4 Å². The highest BCUT2D eigenvalue weighted by Gasteiger charge is 2.61. The summed E-state index contributed by atoms with van der Waals surface area (Å²) in [4.78, 5) is 12.1. The zero-order valence-electron chi connectivity index (χ0n) is 43.6. The summed E-state index contributed by atoms with van der Waals surface area (Å²) in [6, 6.07) is -3.95. The Labute approximate surface area is 419 Å². The van der Waals surface area contributed by atoms with Gasteiger partial charge < -0.3 is 92.0 Å². The Morgan fingerprint density at radius 2 is 1.35 bits per heavy atom. The summed E-state index contributed by atoms with van der Waals surface area (Å²) in [5, 5.41) is 107. The van der Waals surface area contributed by atoms with Gasteiger partial charge in [0.1, 0.15) is 59.8 Å². The van der Waals surface area contributed by atoms with Crippen LogP contribution in [0.1, 0.15) is 128 Å². The second-order valence-corrected chi connectivity index (χ2v) is 21.4. The molecule has 408 valence electrons. The fraction of sp³-hybridized carbons (Fsp3) is 0.820. The first-order valence-electron chi connectivity index (χ1n) is 25.5. The molecule has 18 atom stereocenters. The first-order chi connectivity index (χ1) is 33.2. The smallest absolute Gasteiger partial charge is 0.188 e. The minimum absolute atomic E-state index is 0.0712. The SMILES string of the molecule is CN[C@@H]1[C@H](O[C@H]2[C@H](O[C@H]3[C@H](O)[C@@H](O)[C@H](NC(=N)N)[C@@H](O)[C@@H]3NC(=N)N)O[C@@H](C)[C@]2(O)C=O)O[C@@H](CO)[C@H](O)[C@H]1O.Cc1c(C)c2c(c(C)c1O)CC[C@@](C)(CCC[C@H](C)CCC[C@H](C)CCCC(C)C)O2. The summed E-state index contributed by atoms with van der Waals surface area (Å²) < 4.78 is 29.5. The number of aldehydes is 1. The Bertz CT molecular complexity index is 1900. The van der Waals surface area contributed by atoms with Gasteiger partial charge in [0, 0.05) is 5.56 Å². The largest absolute Gasteiger partial charge is 0.507 e. The molecule has 5 rings (SSSR count). The molecule has 0 amide bonds. The number of aromatic hydroxyl groups is 1. The molecule has 0 radical (unpaired) electrons. The molecule has 0 spiro atoms. The molecule has 17 N–H and O–H groups in total. The Balaban J connectivity index is 0.000000319. The van der Waals surface area contributed by atoms with Crippen LogP contribution in [0.2, 0.25) is 0 Å². The van der Waals surface area contributed by atoms with Gasteiger partial charge in [0.05, 0.1) is 36.9 Å². The van der Waals surface area contributed by atoms with E-state index in [1.54, 1.807) is 0 Å². The van der Waals surface area contributed by atoms with Gasteiger partial charge in [-0.3, -0.25) is 15.6 Å². The third kappa shape index (κ3) is 14.7. The van der Waals surface area contributed by atoms with E-state index >= 15 is 0 Å². The van der Waals surface area contributed by atoms with E-state index in [1.165, 1.54) is 70.9 Å². The molecule has 4 aliphatic rings. The lowest BCUT2D eigenvalue weighted by atomic mass is 9.81. The summed E-state index contributed by atoms with van der Waals surface area (Å²) >= 11 is 0. The molecular weight excluding hydrogens is 923 g/mol. The summed E-state index contributed by atoms with van der Waals surface area (Å²) in [5.74, 6) is 2.75. The molecule has 0 unspecified atom stereocenters. The molecule has 71 heavy (non-hydrogen) atoms. The Hall–Kier alpha value is -3.45. The number of aliphatic hydroxyl groups is 7. The summed E-state index contributed by atoms with van der Waals surface area (Å²) in [5.41, 5.74) is 12.6. The number of rotatable bonds is 21. The minimum Gasteiger partial charge on any atom is -0.507 e. The number of likely N-dealkylation sites (N-methyl/N-ethyl adjacent to an activating group) is 1. The lowest BCUT2D eigenvalue weighted by Crippen LogP contribution is -2.73. The number of nitrogens with two attached hydrogens (primary N) is 2. The van der Waals surface area contributed by atoms with Crippen molar-refractivity contribution in [3.8, 4) is 11.5 Å². The van der Waals surface area contributed by atoms with Crippen molar-refractivity contribution in [2.24, 2.45) is 29.2 Å². The second-order valence-electron chi connectivity index (χ2n) is 21.4. The van der Waals surface area contributed by atoms with E-state index in [2.05, 4.69) is 57.5 Å². The van der Waals surface area contributed by atoms with E-state index < -0.39 is 110 Å². The number of aliphatic hydroxyl groups excluding tert-OH is 6. The van der Waals surface area contributed by atoms with Crippen LogP contribution in [0, 0.1) is 49.3 Å². The Morgan fingerprint density at radius 3 is 1.90 bits per heavy atom. The molecule has 3 aliphatic heterocycles. The van der Waals surface area contributed by atoms with Gasteiger partial charge in [-0.15, -0.1) is 0 Å². The average Bonchev–Trinajstić information content (AvgIpc) is 3.54. The average molecular weight is 1010 g/mol. The van der Waals surface area contributed by atoms with Crippen molar-refractivity contribution in [2.75, 3.05) is 13.7 Å². The van der Waals surface area contributed by atoms with E-state index in [4.69, 9.17) is 46.0 Å². The topological polar surface area (TPSA) is 361 Å². The number of hydrogen-bond donors (Lipinski definition) is 15. The summed E-state index contributed by atoms with van der Waals surface area (Å²) in [6.45, 7) is 18.6.